The lowest BCUT2D eigenvalue weighted by Gasteiger charge is -2.20. The highest BCUT2D eigenvalue weighted by Gasteiger charge is 2.31. The zero-order valence-corrected chi connectivity index (χ0v) is 23.6. The fourth-order valence-electron chi connectivity index (χ4n) is 4.30. The van der Waals surface area contributed by atoms with Crippen LogP contribution in [0.15, 0.2) is 76.4 Å². The smallest absolute Gasteiger partial charge is 0.416 e. The monoisotopic (exact) mass is 585 g/mol. The Hall–Kier alpha value is -3.99. The van der Waals surface area contributed by atoms with Crippen molar-refractivity contribution >= 4 is 17.7 Å². The number of benzene rings is 3. The van der Waals surface area contributed by atoms with Crippen LogP contribution in [0.1, 0.15) is 53.1 Å². The number of carbonyl (C=O) groups is 1. The largest absolute Gasteiger partial charge is 0.482 e. The molecule has 0 spiro atoms. The minimum atomic E-state index is -4.49. The van der Waals surface area contributed by atoms with E-state index in [4.69, 9.17) is 14.9 Å². The Kier molecular flexibility index (Phi) is 9.27. The standard InChI is InChI=1S/C30H30F3N3O4S/c1-4-5-15-35-28(34-36(29(35)39)23-13-11-22(12-14-23)30(31,32)33)27(21-9-7-6-8-10-21)41-25-17-19(2)24(16-20(25)3)40-18-26(37)38/h6-14,16-17,27H,4-5,15,18H2,1-3H3,(H,37,38). The summed E-state index contributed by atoms with van der Waals surface area (Å²) in [6.45, 7) is 5.67. The van der Waals surface area contributed by atoms with Gasteiger partial charge in [-0.3, -0.25) is 4.57 Å². The van der Waals surface area contributed by atoms with Crippen LogP contribution in [0.5, 0.6) is 5.75 Å². The van der Waals surface area contributed by atoms with Gasteiger partial charge in [0.25, 0.3) is 0 Å². The Morgan fingerprint density at radius 1 is 1.05 bits per heavy atom. The van der Waals surface area contributed by atoms with Gasteiger partial charge in [-0.25, -0.2) is 9.59 Å². The Bertz CT molecular complexity index is 1570. The van der Waals surface area contributed by atoms with E-state index in [0.29, 0.717) is 24.5 Å². The number of halogens is 3. The van der Waals surface area contributed by atoms with Crippen LogP contribution in [-0.4, -0.2) is 32.0 Å². The van der Waals surface area contributed by atoms with Gasteiger partial charge in [-0.05, 0) is 73.4 Å². The first-order chi connectivity index (χ1) is 19.5. The first kappa shape index (κ1) is 30.0. The number of aryl methyl sites for hydroxylation is 2. The van der Waals surface area contributed by atoms with Gasteiger partial charge in [-0.1, -0.05) is 43.7 Å². The second-order valence-corrected chi connectivity index (χ2v) is 10.7. The predicted molar refractivity (Wildman–Crippen MR) is 151 cm³/mol. The van der Waals surface area contributed by atoms with E-state index < -0.39 is 35.3 Å². The molecular formula is C30H30F3N3O4S. The number of alkyl halides is 3. The molecule has 4 aromatic rings. The van der Waals surface area contributed by atoms with Crippen LogP contribution in [-0.2, 0) is 17.5 Å². The van der Waals surface area contributed by atoms with Gasteiger partial charge in [0.05, 0.1) is 16.5 Å². The van der Waals surface area contributed by atoms with Crippen molar-refractivity contribution in [1.82, 2.24) is 14.3 Å². The quantitative estimate of drug-likeness (QED) is 0.195. The highest BCUT2D eigenvalue weighted by molar-refractivity contribution is 7.99. The number of rotatable bonds is 11. The van der Waals surface area contributed by atoms with Gasteiger partial charge in [-0.2, -0.15) is 17.9 Å². The van der Waals surface area contributed by atoms with Gasteiger partial charge in [-0.15, -0.1) is 16.9 Å². The van der Waals surface area contributed by atoms with E-state index in [2.05, 4.69) is 0 Å². The molecular weight excluding hydrogens is 555 g/mol. The molecule has 1 aromatic heterocycles. The molecule has 11 heteroatoms. The summed E-state index contributed by atoms with van der Waals surface area (Å²) in [7, 11) is 0. The van der Waals surface area contributed by atoms with Crippen molar-refractivity contribution < 1.29 is 27.8 Å². The third-order valence-electron chi connectivity index (χ3n) is 6.47. The molecule has 1 N–H and O–H groups in total. The number of unbranched alkanes of at least 4 members (excludes halogenated alkanes) is 1. The molecule has 1 unspecified atom stereocenters. The molecule has 0 amide bonds. The van der Waals surface area contributed by atoms with Crippen LogP contribution in [0.4, 0.5) is 13.2 Å². The molecule has 0 aliphatic rings. The van der Waals surface area contributed by atoms with Crippen molar-refractivity contribution in [1.29, 1.82) is 0 Å². The second kappa shape index (κ2) is 12.7. The van der Waals surface area contributed by atoms with Crippen LogP contribution in [0.3, 0.4) is 0 Å². The summed E-state index contributed by atoms with van der Waals surface area (Å²) in [5.74, 6) is -0.127. The number of nitrogens with zero attached hydrogens (tertiary/aromatic N) is 3. The van der Waals surface area contributed by atoms with E-state index in [0.717, 1.165) is 44.8 Å². The maximum Gasteiger partial charge on any atom is 0.416 e. The fraction of sp³-hybridized carbons (Fsp3) is 0.300. The van der Waals surface area contributed by atoms with E-state index >= 15 is 0 Å². The normalized spacial score (nSPS) is 12.3. The molecule has 3 aromatic carbocycles. The molecule has 1 heterocycles. The summed E-state index contributed by atoms with van der Waals surface area (Å²) in [6.07, 6.45) is -2.95. The number of thioether (sulfide) groups is 1. The Balaban J connectivity index is 1.81. The van der Waals surface area contributed by atoms with Gasteiger partial charge < -0.3 is 9.84 Å². The van der Waals surface area contributed by atoms with Crippen LogP contribution in [0, 0.1) is 13.8 Å². The third kappa shape index (κ3) is 7.02. The van der Waals surface area contributed by atoms with E-state index in [1.807, 2.05) is 57.2 Å². The van der Waals surface area contributed by atoms with Gasteiger partial charge in [0.1, 0.15) is 5.75 Å². The SMILES string of the molecule is CCCCn1c(C(Sc2cc(C)c(OCC(=O)O)cc2C)c2ccccc2)nn(-c2ccc(C(F)(F)F)cc2)c1=O. The molecule has 216 valence electrons. The summed E-state index contributed by atoms with van der Waals surface area (Å²) >= 11 is 1.48. The second-order valence-electron chi connectivity index (χ2n) is 9.58. The fourth-order valence-corrected chi connectivity index (χ4v) is 5.62. The maximum atomic E-state index is 13.6. The van der Waals surface area contributed by atoms with Crippen LogP contribution in [0.2, 0.25) is 0 Å². The molecule has 0 saturated carbocycles. The number of hydrogen-bond donors (Lipinski definition) is 1. The van der Waals surface area contributed by atoms with Crippen LogP contribution < -0.4 is 10.4 Å². The molecule has 0 aliphatic carbocycles. The number of hydrogen-bond acceptors (Lipinski definition) is 5. The molecule has 0 aliphatic heterocycles. The van der Waals surface area contributed by atoms with Gasteiger partial charge in [0, 0.05) is 11.4 Å². The average molecular weight is 586 g/mol. The summed E-state index contributed by atoms with van der Waals surface area (Å²) in [6, 6.07) is 17.6. The van der Waals surface area contributed by atoms with Gasteiger partial charge in [0.2, 0.25) is 0 Å². The molecule has 4 rings (SSSR count). The topological polar surface area (TPSA) is 86.3 Å². The van der Waals surface area contributed by atoms with E-state index in [-0.39, 0.29) is 5.69 Å². The first-order valence-corrected chi connectivity index (χ1v) is 13.9. The Morgan fingerprint density at radius 3 is 2.34 bits per heavy atom. The highest BCUT2D eigenvalue weighted by Crippen LogP contribution is 2.42. The van der Waals surface area contributed by atoms with Crippen molar-refractivity contribution in [2.45, 2.75) is 56.5 Å². The number of aromatic nitrogens is 3. The lowest BCUT2D eigenvalue weighted by molar-refractivity contribution is -0.139. The molecule has 0 saturated heterocycles. The number of carboxylic acid groups (broad SMARTS) is 1. The summed E-state index contributed by atoms with van der Waals surface area (Å²) in [5.41, 5.74) is 1.50. The summed E-state index contributed by atoms with van der Waals surface area (Å²) < 4.78 is 47.6. The van der Waals surface area contributed by atoms with Gasteiger partial charge >= 0.3 is 17.8 Å². The highest BCUT2D eigenvalue weighted by atomic mass is 32.2. The molecule has 7 nitrogen and oxygen atoms in total. The lowest BCUT2D eigenvalue weighted by Crippen LogP contribution is -2.25. The maximum absolute atomic E-state index is 13.6. The zero-order chi connectivity index (χ0) is 29.7. The van der Waals surface area contributed by atoms with E-state index in [1.54, 1.807) is 10.6 Å². The molecule has 0 fully saturated rings. The zero-order valence-electron chi connectivity index (χ0n) is 22.8. The number of aliphatic carboxylic acids is 1. The van der Waals surface area contributed by atoms with Crippen molar-refractivity contribution in [3.05, 3.63) is 105 Å². The molecule has 41 heavy (non-hydrogen) atoms. The van der Waals surface area contributed by atoms with Gasteiger partial charge in [0.15, 0.2) is 12.4 Å². The van der Waals surface area contributed by atoms with E-state index in [9.17, 15) is 22.8 Å². The van der Waals surface area contributed by atoms with Crippen LogP contribution >= 0.6 is 11.8 Å². The first-order valence-electron chi connectivity index (χ1n) is 13.0. The van der Waals surface area contributed by atoms with Crippen molar-refractivity contribution in [3.8, 4) is 11.4 Å². The lowest BCUT2D eigenvalue weighted by atomic mass is 10.1. The third-order valence-corrected chi connectivity index (χ3v) is 7.88. The molecule has 1 atom stereocenters. The predicted octanol–water partition coefficient (Wildman–Crippen LogP) is 6.81. The molecule has 0 radical (unpaired) electrons. The minimum absolute atomic E-state index is 0.239. The average Bonchev–Trinajstić information content (AvgIpc) is 3.26. The number of ether oxygens (including phenoxy) is 1. The minimum Gasteiger partial charge on any atom is -0.482 e. The molecule has 0 bridgehead atoms. The summed E-state index contributed by atoms with van der Waals surface area (Å²) in [4.78, 5) is 25.5. The number of carboxylic acids is 1. The Morgan fingerprint density at radius 2 is 1.73 bits per heavy atom. The van der Waals surface area contributed by atoms with Crippen LogP contribution in [0.25, 0.3) is 5.69 Å². The van der Waals surface area contributed by atoms with Crippen molar-refractivity contribution in [3.63, 3.8) is 0 Å². The van der Waals surface area contributed by atoms with Crippen molar-refractivity contribution in [2.75, 3.05) is 6.61 Å². The van der Waals surface area contributed by atoms with Crippen molar-refractivity contribution in [2.24, 2.45) is 0 Å². The summed E-state index contributed by atoms with van der Waals surface area (Å²) in [5, 5.41) is 13.2. The van der Waals surface area contributed by atoms with E-state index in [1.165, 1.54) is 23.9 Å². The Labute approximate surface area is 239 Å².